The molecule has 0 bridgehead atoms. The van der Waals surface area contributed by atoms with Crippen LogP contribution in [0.4, 0.5) is 0 Å². The van der Waals surface area contributed by atoms with Crippen LogP contribution in [0.5, 0.6) is 0 Å². The van der Waals surface area contributed by atoms with E-state index in [2.05, 4.69) is 22.8 Å². The maximum absolute atomic E-state index is 12.5. The zero-order chi connectivity index (χ0) is 14.7. The van der Waals surface area contributed by atoms with E-state index < -0.39 is 0 Å². The number of ether oxygens (including phenoxy) is 1. The molecule has 2 aliphatic rings. The second-order valence-electron chi connectivity index (χ2n) is 6.11. The van der Waals surface area contributed by atoms with Crippen LogP contribution in [-0.2, 0) is 9.53 Å². The lowest BCUT2D eigenvalue weighted by atomic mass is 9.96. The zero-order valence-electron chi connectivity index (χ0n) is 12.3. The van der Waals surface area contributed by atoms with Gasteiger partial charge in [-0.15, -0.1) is 11.3 Å². The number of hydrogen-bond donors (Lipinski definition) is 2. The average molecular weight is 308 g/mol. The number of hydrogen-bond acceptors (Lipinski definition) is 4. The summed E-state index contributed by atoms with van der Waals surface area (Å²) in [5, 5.41) is 5.34. The Balaban J connectivity index is 1.65. The van der Waals surface area contributed by atoms with E-state index in [0.717, 1.165) is 12.8 Å². The first-order valence-electron chi connectivity index (χ1n) is 7.97. The maximum Gasteiger partial charge on any atom is 0.249 e. The molecule has 116 valence electrons. The van der Waals surface area contributed by atoms with E-state index in [9.17, 15) is 4.79 Å². The van der Waals surface area contributed by atoms with Crippen LogP contribution in [0.2, 0.25) is 0 Å². The minimum absolute atomic E-state index is 0.0382. The van der Waals surface area contributed by atoms with Gasteiger partial charge in [0.25, 0.3) is 0 Å². The van der Waals surface area contributed by atoms with Gasteiger partial charge in [-0.2, -0.15) is 0 Å². The third-order valence-electron chi connectivity index (χ3n) is 4.68. The number of nitrogens with two attached hydrogens (primary N) is 1. The second kappa shape index (κ2) is 6.90. The van der Waals surface area contributed by atoms with Crippen LogP contribution in [0.25, 0.3) is 0 Å². The van der Waals surface area contributed by atoms with Crippen LogP contribution in [0.3, 0.4) is 0 Å². The Bertz CT molecular complexity index is 457. The Morgan fingerprint density at radius 3 is 2.81 bits per heavy atom. The highest BCUT2D eigenvalue weighted by Gasteiger charge is 2.34. The molecule has 1 saturated heterocycles. The molecular weight excluding hydrogens is 284 g/mol. The van der Waals surface area contributed by atoms with Crippen LogP contribution in [0.1, 0.15) is 49.4 Å². The fourth-order valence-electron chi connectivity index (χ4n) is 3.50. The van der Waals surface area contributed by atoms with E-state index in [1.807, 2.05) is 0 Å². The van der Waals surface area contributed by atoms with Crippen molar-refractivity contribution in [3.63, 3.8) is 0 Å². The van der Waals surface area contributed by atoms with Crippen LogP contribution in [-0.4, -0.2) is 24.7 Å². The average Bonchev–Trinajstić information content (AvgIpc) is 3.26. The Labute approximate surface area is 130 Å². The standard InChI is InChI=1S/C16H24N2O2S/c17-10-12-7-8-13(20-12)16(19)18-15(11-4-1-2-5-11)14-6-3-9-21-14/h3,6,9,11-13,15H,1-2,4-5,7-8,10,17H2,(H,18,19). The van der Waals surface area contributed by atoms with E-state index in [4.69, 9.17) is 10.5 Å². The molecule has 2 heterocycles. The van der Waals surface area contributed by atoms with Crippen molar-refractivity contribution in [3.05, 3.63) is 22.4 Å². The summed E-state index contributed by atoms with van der Waals surface area (Å²) in [4.78, 5) is 13.8. The normalized spacial score (nSPS) is 27.9. The summed E-state index contributed by atoms with van der Waals surface area (Å²) < 4.78 is 5.72. The van der Waals surface area contributed by atoms with Crippen molar-refractivity contribution in [1.29, 1.82) is 0 Å². The smallest absolute Gasteiger partial charge is 0.249 e. The molecule has 1 aliphatic carbocycles. The lowest BCUT2D eigenvalue weighted by Gasteiger charge is -2.25. The third-order valence-corrected chi connectivity index (χ3v) is 5.64. The van der Waals surface area contributed by atoms with Gasteiger partial charge < -0.3 is 15.8 Å². The Morgan fingerprint density at radius 1 is 1.38 bits per heavy atom. The van der Waals surface area contributed by atoms with E-state index in [1.165, 1.54) is 30.6 Å². The van der Waals surface area contributed by atoms with Crippen molar-refractivity contribution in [2.24, 2.45) is 11.7 Å². The number of amides is 1. The highest BCUT2D eigenvalue weighted by Crippen LogP contribution is 2.37. The number of nitrogens with one attached hydrogen (secondary N) is 1. The number of carbonyl (C=O) groups excluding carboxylic acids is 1. The molecule has 3 rings (SSSR count). The predicted molar refractivity (Wildman–Crippen MR) is 84.1 cm³/mol. The summed E-state index contributed by atoms with van der Waals surface area (Å²) in [6.45, 7) is 0.501. The predicted octanol–water partition coefficient (Wildman–Crippen LogP) is 2.60. The summed E-state index contributed by atoms with van der Waals surface area (Å²) in [5.74, 6) is 0.607. The second-order valence-corrected chi connectivity index (χ2v) is 7.09. The first-order chi connectivity index (χ1) is 10.3. The van der Waals surface area contributed by atoms with Crippen molar-refractivity contribution in [1.82, 2.24) is 5.32 Å². The van der Waals surface area contributed by atoms with Crippen molar-refractivity contribution in [3.8, 4) is 0 Å². The van der Waals surface area contributed by atoms with Crippen molar-refractivity contribution in [2.45, 2.75) is 56.8 Å². The van der Waals surface area contributed by atoms with Gasteiger partial charge in [0.1, 0.15) is 6.10 Å². The Hall–Kier alpha value is -0.910. The highest BCUT2D eigenvalue weighted by molar-refractivity contribution is 7.10. The van der Waals surface area contributed by atoms with Gasteiger partial charge in [-0.1, -0.05) is 18.9 Å². The molecule has 2 fully saturated rings. The number of rotatable bonds is 5. The molecular formula is C16H24N2O2S. The molecule has 21 heavy (non-hydrogen) atoms. The van der Waals surface area contributed by atoms with Crippen molar-refractivity contribution in [2.75, 3.05) is 6.54 Å². The molecule has 1 aromatic rings. The van der Waals surface area contributed by atoms with E-state index in [0.29, 0.717) is 12.5 Å². The summed E-state index contributed by atoms with van der Waals surface area (Å²) >= 11 is 1.73. The van der Waals surface area contributed by atoms with Gasteiger partial charge in [0.2, 0.25) is 5.91 Å². The third kappa shape index (κ3) is 3.47. The molecule has 3 N–H and O–H groups in total. The number of carbonyl (C=O) groups is 1. The minimum Gasteiger partial charge on any atom is -0.364 e. The van der Waals surface area contributed by atoms with Gasteiger partial charge >= 0.3 is 0 Å². The van der Waals surface area contributed by atoms with E-state index in [1.54, 1.807) is 11.3 Å². The lowest BCUT2D eigenvalue weighted by Crippen LogP contribution is -2.39. The lowest BCUT2D eigenvalue weighted by molar-refractivity contribution is -0.133. The van der Waals surface area contributed by atoms with Gasteiger partial charge in [-0.05, 0) is 43.0 Å². The highest BCUT2D eigenvalue weighted by atomic mass is 32.1. The molecule has 4 nitrogen and oxygen atoms in total. The fourth-order valence-corrected chi connectivity index (χ4v) is 4.37. The molecule has 3 atom stereocenters. The molecule has 1 saturated carbocycles. The van der Waals surface area contributed by atoms with E-state index in [-0.39, 0.29) is 24.2 Å². The molecule has 0 spiro atoms. The van der Waals surface area contributed by atoms with Gasteiger partial charge in [0, 0.05) is 11.4 Å². The fraction of sp³-hybridized carbons (Fsp3) is 0.688. The molecule has 5 heteroatoms. The quantitative estimate of drug-likeness (QED) is 0.879. The summed E-state index contributed by atoms with van der Waals surface area (Å²) in [6, 6.07) is 4.34. The van der Waals surface area contributed by atoms with Gasteiger partial charge in [0.05, 0.1) is 12.1 Å². The molecule has 3 unspecified atom stereocenters. The monoisotopic (exact) mass is 308 g/mol. The van der Waals surface area contributed by atoms with Crippen molar-refractivity contribution < 1.29 is 9.53 Å². The zero-order valence-corrected chi connectivity index (χ0v) is 13.1. The number of thiophene rings is 1. The van der Waals surface area contributed by atoms with Gasteiger partial charge in [-0.3, -0.25) is 4.79 Å². The van der Waals surface area contributed by atoms with E-state index >= 15 is 0 Å². The first-order valence-corrected chi connectivity index (χ1v) is 8.85. The van der Waals surface area contributed by atoms with Crippen LogP contribution in [0, 0.1) is 5.92 Å². The molecule has 1 aliphatic heterocycles. The molecule has 1 aromatic heterocycles. The summed E-state index contributed by atoms with van der Waals surface area (Å²) in [5.41, 5.74) is 5.62. The van der Waals surface area contributed by atoms with Crippen molar-refractivity contribution >= 4 is 17.2 Å². The Kier molecular flexibility index (Phi) is 4.93. The van der Waals surface area contributed by atoms with Crippen LogP contribution < -0.4 is 11.1 Å². The van der Waals surface area contributed by atoms with Gasteiger partial charge in [-0.25, -0.2) is 0 Å². The maximum atomic E-state index is 12.5. The summed E-state index contributed by atoms with van der Waals surface area (Å²) in [7, 11) is 0. The SMILES string of the molecule is NCC1CCC(C(=O)NC(c2cccs2)C2CCCC2)O1. The first kappa shape index (κ1) is 15.0. The van der Waals surface area contributed by atoms with Crippen LogP contribution in [0.15, 0.2) is 17.5 Å². The minimum atomic E-state index is -0.317. The topological polar surface area (TPSA) is 64.4 Å². The Morgan fingerprint density at radius 2 is 2.19 bits per heavy atom. The molecule has 1 amide bonds. The molecule has 0 radical (unpaired) electrons. The molecule has 0 aromatic carbocycles. The van der Waals surface area contributed by atoms with Crippen LogP contribution >= 0.6 is 11.3 Å². The summed E-state index contributed by atoms with van der Waals surface area (Å²) in [6.07, 6.45) is 6.38. The largest absolute Gasteiger partial charge is 0.364 e. The van der Waals surface area contributed by atoms with Gasteiger partial charge in [0.15, 0.2) is 0 Å².